The fourth-order valence-corrected chi connectivity index (χ4v) is 11.9. The number of hydrogen-bond acceptors (Lipinski definition) is 39. The highest BCUT2D eigenvalue weighted by molar-refractivity contribution is 5.83. The Kier molecular flexibility index (Phi) is 76.7. The molecule has 58 nitrogen and oxygen atoms in total. The molecule has 2 atom stereocenters. The van der Waals surface area contributed by atoms with Crippen LogP contribution in [0.4, 0.5) is 0 Å². The molecule has 0 radical (unpaired) electrons. The molecule has 0 aromatic carbocycles. The summed E-state index contributed by atoms with van der Waals surface area (Å²) in [5, 5.41) is 176. The monoisotopic (exact) mass is 1960 g/mol. The average molecular weight is 1960 g/mol. The van der Waals surface area contributed by atoms with Crippen LogP contribution in [-0.2, 0) is 120 Å². The predicted molar refractivity (Wildman–Crippen MR) is 457 cm³/mol. The minimum Gasteiger partial charge on any atom is -0.480 e. The molecule has 135 heavy (non-hydrogen) atoms. The number of unbranched alkanes of at least 4 members (excludes halogenated alkanes) is 3. The van der Waals surface area contributed by atoms with Gasteiger partial charge in [0, 0.05) is 78.0 Å². The normalized spacial score (nSPS) is 11.4. The van der Waals surface area contributed by atoms with Crippen molar-refractivity contribution in [3.8, 4) is 0 Å². The van der Waals surface area contributed by atoms with Crippen LogP contribution >= 0.6 is 0 Å². The van der Waals surface area contributed by atoms with Crippen LogP contribution in [0.3, 0.4) is 0 Å². The summed E-state index contributed by atoms with van der Waals surface area (Å²) in [6.07, 6.45) is 2.11. The third-order valence-corrected chi connectivity index (χ3v) is 16.4. The zero-order valence-corrected chi connectivity index (χ0v) is 76.0. The summed E-state index contributed by atoms with van der Waals surface area (Å²) in [4.78, 5) is 287. The van der Waals surface area contributed by atoms with Gasteiger partial charge in [0.2, 0.25) is 0 Å². The average Bonchev–Trinajstić information content (AvgIpc) is 0.896. The molecule has 0 amide bonds. The van der Waals surface area contributed by atoms with Gasteiger partial charge in [-0.2, -0.15) is 0 Å². The van der Waals surface area contributed by atoms with Crippen LogP contribution < -0.4 is 0 Å². The number of nitrogens with zero attached hydrogens (tertiary/aromatic N) is 13. The lowest BCUT2D eigenvalue weighted by molar-refractivity contribution is -0.144. The summed E-state index contributed by atoms with van der Waals surface area (Å²) < 4.78 is 0. The Bertz CT molecular complexity index is 3450. The molecule has 20 N–H and O–H groups in total. The largest absolute Gasteiger partial charge is 0.480 e. The summed E-state index contributed by atoms with van der Waals surface area (Å²) in [5.41, 5.74) is 0. The number of rotatable bonds is 77. The minimum absolute atomic E-state index is 0.00246. The summed E-state index contributed by atoms with van der Waals surface area (Å²) in [5.74, 6) is -23.0. The van der Waals surface area contributed by atoms with Gasteiger partial charge in [0.15, 0.2) is 0 Å². The van der Waals surface area contributed by atoms with E-state index in [0.29, 0.717) is 25.9 Å². The number of aliphatic carboxylic acids is 19. The van der Waals surface area contributed by atoms with Crippen molar-refractivity contribution in [3.63, 3.8) is 0 Å². The minimum atomic E-state index is -1.25. The van der Waals surface area contributed by atoms with E-state index < -0.39 is 204 Å². The van der Waals surface area contributed by atoms with Crippen LogP contribution in [0.15, 0.2) is 0 Å². The Labute approximate surface area is 772 Å². The highest BCUT2D eigenvalue weighted by atomic mass is 16.4. The van der Waals surface area contributed by atoms with Crippen molar-refractivity contribution in [2.24, 2.45) is 0 Å². The molecule has 0 aliphatic heterocycles. The third-order valence-electron chi connectivity index (χ3n) is 16.4. The van der Waals surface area contributed by atoms with Gasteiger partial charge in [-0.1, -0.05) is 12.8 Å². The van der Waals surface area contributed by atoms with E-state index >= 15 is 0 Å². The molecule has 772 valence electrons. The molecular formula is C77H129N13O45. The zero-order chi connectivity index (χ0) is 105. The highest BCUT2D eigenvalue weighted by Crippen LogP contribution is 2.08. The first-order valence-corrected chi connectivity index (χ1v) is 40.5. The lowest BCUT2D eigenvalue weighted by Crippen LogP contribution is -2.48. The van der Waals surface area contributed by atoms with Crippen molar-refractivity contribution in [2.45, 2.75) is 92.7 Å². The van der Waals surface area contributed by atoms with Crippen LogP contribution in [0, 0.1) is 0 Å². The Morgan fingerprint density at radius 2 is 0.304 bits per heavy atom. The maximum atomic E-state index is 11.2. The number of aliphatic hydroxyl groups excluding tert-OH is 1. The summed E-state index contributed by atoms with van der Waals surface area (Å²) in [7, 11) is 0. The molecule has 2 unspecified atom stereocenters. The van der Waals surface area contributed by atoms with E-state index in [1.54, 1.807) is 11.8 Å². The van der Waals surface area contributed by atoms with E-state index in [0.717, 1.165) is 34.0 Å². The number of carboxylic acids is 19. The van der Waals surface area contributed by atoms with Crippen LogP contribution in [0.5, 0.6) is 0 Å². The molecule has 0 bridgehead atoms. The molecule has 0 aliphatic rings. The Morgan fingerprint density at radius 1 is 0.163 bits per heavy atom. The maximum absolute atomic E-state index is 11.2. The predicted octanol–water partition coefficient (Wildman–Crippen LogP) is -8.31. The lowest BCUT2D eigenvalue weighted by Gasteiger charge is -2.30. The van der Waals surface area contributed by atoms with Crippen molar-refractivity contribution in [2.75, 3.05) is 249 Å². The smallest absolute Gasteiger partial charge is 0.317 e. The van der Waals surface area contributed by atoms with Gasteiger partial charge >= 0.3 is 113 Å². The number of carbonyl (C=O) groups excluding carboxylic acids is 6. The molecule has 0 heterocycles. The third kappa shape index (κ3) is 97.2. The van der Waals surface area contributed by atoms with Gasteiger partial charge in [-0.25, -0.2) is 0 Å². The maximum Gasteiger partial charge on any atom is 0.317 e. The van der Waals surface area contributed by atoms with Gasteiger partial charge in [0.05, 0.1) is 170 Å². The van der Waals surface area contributed by atoms with Crippen LogP contribution in [0.25, 0.3) is 0 Å². The number of Topliss-reactive ketones (excluding diaryl/α,β-unsaturated/α-hetero) is 6. The quantitative estimate of drug-likeness (QED) is 0.0252. The van der Waals surface area contributed by atoms with Crippen molar-refractivity contribution in [1.29, 1.82) is 0 Å². The molecule has 0 aromatic heterocycles. The SMILES string of the molecule is CC(=O)CN(CC(=O)O)C(C)CN(CC(=O)O)CC(=O)O.CC(=O)CN(CC(=O)O)CC(O)CN(CC(=O)O)CC(=O)O.CC(=O)CN(CCCCCCN(CC(=O)O)CC(=O)O)CC(=O)O.CC(=O)CN(CCCN(CC(=O)O)CC(=O)O)CC(=O)O.CC(=O)CN(CCN(CC(=O)O)CC(=O)O)CC(=O)O.CC(=O)CN(CCN(CCN(CC(=O)O)CC(=O)O)CC(=O)O)CC(=O)O. The van der Waals surface area contributed by atoms with Crippen LogP contribution in [-0.4, -0.2) is 575 Å². The summed E-state index contributed by atoms with van der Waals surface area (Å²) >= 11 is 0. The first-order valence-electron chi connectivity index (χ1n) is 40.5. The van der Waals surface area contributed by atoms with Crippen molar-refractivity contribution < 1.29 is 222 Å². The summed E-state index contributed by atoms with van der Waals surface area (Å²) in [6.45, 7) is 2.57. The number of carbonyl (C=O) groups is 25. The highest BCUT2D eigenvalue weighted by Gasteiger charge is 2.28. The van der Waals surface area contributed by atoms with Gasteiger partial charge in [-0.3, -0.25) is 184 Å². The molecule has 0 saturated carbocycles. The molecular weight excluding hydrogens is 1830 g/mol. The standard InChI is InChI=1S/C15H25N3O9.C15H26N2O7.C12H20N2O8.2C12H20N2O7.C11H18N2O7/c1-11(19)6-17(8-13(22)23)4-2-16(7-12(20)21)3-5-18(9-14(24)25)10-15(26)27;1-12(18)8-16(9-13(19)20)6-4-2-3-5-7-17(10-14(21)22)11-15(23)24;1-8(15)2-13(5-10(17)18)3-9(16)4-14(6-11(19)20)7-12(21)22;1-8(14(4-9(2)15)7-12(20)21)3-13(5-10(16)17)6-11(18)19;1-9(15)5-13(6-10(16)17)3-2-4-14(7-11(18)19)8-12(20)21;1-8(14)4-12(5-9(15)16)2-3-13(6-10(17)18)7-11(19)20/h2-10H2,1H3,(H,20,21)(H,22,23)(H,24,25)(H,26,27);2-11H2,1H3,(H,19,20)(H,21,22)(H,23,24);9,16H,2-7H2,1H3,(H,17,18)(H,19,20)(H,21,22);8H,3-7H2,1-2H3,(H,16,17)(H,18,19)(H,20,21);2-8H2,1H3,(H,16,17)(H,18,19)(H,20,21);2-7H2,1H3,(H,15,16)(H,17,18)(H,19,20). The van der Waals surface area contributed by atoms with Crippen LogP contribution in [0.2, 0.25) is 0 Å². The fourth-order valence-electron chi connectivity index (χ4n) is 11.9. The fraction of sp³-hybridized carbons (Fsp3) is 0.675. The second-order valence-electron chi connectivity index (χ2n) is 30.3. The van der Waals surface area contributed by atoms with Crippen LogP contribution in [0.1, 0.15) is 80.6 Å². The first-order chi connectivity index (χ1) is 62.3. The van der Waals surface area contributed by atoms with Gasteiger partial charge in [-0.05, 0) is 80.8 Å². The van der Waals surface area contributed by atoms with Gasteiger partial charge in [0.25, 0.3) is 0 Å². The molecule has 0 aromatic rings. The number of aliphatic hydroxyl groups is 1. The molecule has 0 aliphatic carbocycles. The first kappa shape index (κ1) is 133. The summed E-state index contributed by atoms with van der Waals surface area (Å²) in [6, 6.07) is -0.483. The second-order valence-corrected chi connectivity index (χ2v) is 30.3. The Morgan fingerprint density at radius 3 is 0.504 bits per heavy atom. The topological polar surface area (TPSA) is 873 Å². The van der Waals surface area contributed by atoms with E-state index in [2.05, 4.69) is 0 Å². The van der Waals surface area contributed by atoms with Gasteiger partial charge < -0.3 is 102 Å². The number of ketones is 6. The van der Waals surface area contributed by atoms with E-state index in [1.165, 1.54) is 85.6 Å². The molecule has 0 rings (SSSR count). The number of carboxylic acid groups (broad SMARTS) is 19. The van der Waals surface area contributed by atoms with Gasteiger partial charge in [0.1, 0.15) is 34.7 Å². The van der Waals surface area contributed by atoms with E-state index in [4.69, 9.17) is 97.0 Å². The van der Waals surface area contributed by atoms with Crippen molar-refractivity contribution >= 4 is 148 Å². The van der Waals surface area contributed by atoms with Crippen molar-refractivity contribution in [1.82, 2.24) is 63.7 Å². The second kappa shape index (κ2) is 77.8. The van der Waals surface area contributed by atoms with E-state index in [9.17, 15) is 125 Å². The van der Waals surface area contributed by atoms with E-state index in [1.807, 2.05) is 0 Å². The molecule has 0 spiro atoms. The van der Waals surface area contributed by atoms with E-state index in [-0.39, 0.29) is 192 Å². The number of hydrogen-bond donors (Lipinski definition) is 20. The lowest BCUT2D eigenvalue weighted by atomic mass is 10.1. The molecule has 0 fully saturated rings. The zero-order valence-electron chi connectivity index (χ0n) is 76.0. The molecule has 58 heteroatoms. The van der Waals surface area contributed by atoms with Gasteiger partial charge in [-0.15, -0.1) is 0 Å². The Balaban J connectivity index is -0.000000371. The van der Waals surface area contributed by atoms with Crippen molar-refractivity contribution in [3.05, 3.63) is 0 Å². The molecule has 0 saturated heterocycles. The Hall–Kier alpha value is -12.6.